The molecule has 3 N–H and O–H groups in total. The van der Waals surface area contributed by atoms with E-state index in [-0.39, 0.29) is 18.0 Å². The first-order valence-corrected chi connectivity index (χ1v) is 9.83. The van der Waals surface area contributed by atoms with Crippen LogP contribution in [0.4, 0.5) is 4.39 Å². The Morgan fingerprint density at radius 3 is 2.32 bits per heavy atom. The van der Waals surface area contributed by atoms with Crippen molar-refractivity contribution >= 4 is 11.8 Å². The number of benzene rings is 2. The summed E-state index contributed by atoms with van der Waals surface area (Å²) in [5, 5.41) is 5.30. The van der Waals surface area contributed by atoms with Crippen LogP contribution in [-0.4, -0.2) is 31.4 Å². The minimum atomic E-state index is -0.602. The minimum absolute atomic E-state index is 0.0647. The second-order valence-corrected chi connectivity index (χ2v) is 7.20. The largest absolute Gasteiger partial charge is 0.350 e. The molecule has 5 nitrogen and oxygen atoms in total. The standard InChI is InChI=1S/C22H26FN3O2/c23-20-11-5-4-10-19(20)22(28)25-15-21(27)24-14-17-8-2-3-9-18(17)16-26-12-6-1-7-13-26/h2-5,8-11H,1,6-7,12-16H2,(H,24,27)(H,25,28)/p+1. The average Bonchev–Trinajstić information content (AvgIpc) is 2.72. The Balaban J connectivity index is 1.49. The SMILES string of the molecule is O=C(CNC(=O)c1ccccc1F)NCc1ccccc1C[NH+]1CCCCC1. The van der Waals surface area contributed by atoms with Gasteiger partial charge >= 0.3 is 0 Å². The fraction of sp³-hybridized carbons (Fsp3) is 0.364. The number of quaternary nitrogens is 1. The molecule has 1 fully saturated rings. The van der Waals surface area contributed by atoms with Gasteiger partial charge in [-0.25, -0.2) is 4.39 Å². The van der Waals surface area contributed by atoms with E-state index in [1.165, 1.54) is 56.1 Å². The van der Waals surface area contributed by atoms with E-state index in [0.717, 1.165) is 12.1 Å². The summed E-state index contributed by atoms with van der Waals surface area (Å²) in [6.45, 7) is 3.59. The molecule has 2 amide bonds. The monoisotopic (exact) mass is 384 g/mol. The molecule has 148 valence electrons. The first-order valence-electron chi connectivity index (χ1n) is 9.83. The van der Waals surface area contributed by atoms with Crippen LogP contribution in [-0.2, 0) is 17.9 Å². The summed E-state index contributed by atoms with van der Waals surface area (Å²) >= 11 is 0. The van der Waals surface area contributed by atoms with Crippen LogP contribution in [0.5, 0.6) is 0 Å². The summed E-state index contributed by atoms with van der Waals surface area (Å²) in [5.74, 6) is -1.50. The second-order valence-electron chi connectivity index (χ2n) is 7.20. The summed E-state index contributed by atoms with van der Waals surface area (Å²) in [5.41, 5.74) is 2.27. The smallest absolute Gasteiger partial charge is 0.254 e. The number of rotatable bonds is 7. The molecule has 28 heavy (non-hydrogen) atoms. The predicted octanol–water partition coefficient (Wildman–Crippen LogP) is 1.44. The Kier molecular flexibility index (Phi) is 7.14. The van der Waals surface area contributed by atoms with Crippen LogP contribution in [0.2, 0.25) is 0 Å². The van der Waals surface area contributed by atoms with Gasteiger partial charge in [-0.2, -0.15) is 0 Å². The molecule has 1 aliphatic rings. The van der Waals surface area contributed by atoms with Gasteiger partial charge in [-0.3, -0.25) is 9.59 Å². The number of amides is 2. The van der Waals surface area contributed by atoms with Crippen LogP contribution in [0.1, 0.15) is 40.7 Å². The van der Waals surface area contributed by atoms with Crippen molar-refractivity contribution in [3.63, 3.8) is 0 Å². The van der Waals surface area contributed by atoms with E-state index in [2.05, 4.69) is 16.7 Å². The quantitative estimate of drug-likeness (QED) is 0.677. The first-order chi connectivity index (χ1) is 13.6. The molecule has 0 saturated carbocycles. The van der Waals surface area contributed by atoms with Crippen LogP contribution in [0.3, 0.4) is 0 Å². The molecule has 0 unspecified atom stereocenters. The van der Waals surface area contributed by atoms with Crippen molar-refractivity contribution in [1.29, 1.82) is 0 Å². The Morgan fingerprint density at radius 1 is 0.893 bits per heavy atom. The van der Waals surface area contributed by atoms with Crippen molar-refractivity contribution < 1.29 is 18.9 Å². The maximum atomic E-state index is 13.6. The molecule has 0 aliphatic carbocycles. The lowest BCUT2D eigenvalue weighted by Gasteiger charge is -2.24. The molecular formula is C22H27FN3O2+. The lowest BCUT2D eigenvalue weighted by molar-refractivity contribution is -0.918. The van der Waals surface area contributed by atoms with Gasteiger partial charge in [0, 0.05) is 12.1 Å². The van der Waals surface area contributed by atoms with E-state index in [0.29, 0.717) is 6.54 Å². The van der Waals surface area contributed by atoms with E-state index in [1.807, 2.05) is 18.2 Å². The normalized spacial score (nSPS) is 14.5. The van der Waals surface area contributed by atoms with E-state index in [1.54, 1.807) is 11.0 Å². The third kappa shape index (κ3) is 5.63. The lowest BCUT2D eigenvalue weighted by atomic mass is 10.0. The van der Waals surface area contributed by atoms with Crippen LogP contribution in [0, 0.1) is 5.82 Å². The molecule has 6 heteroatoms. The highest BCUT2D eigenvalue weighted by molar-refractivity contribution is 5.96. The first kappa shape index (κ1) is 20.0. The average molecular weight is 384 g/mol. The van der Waals surface area contributed by atoms with Crippen molar-refractivity contribution in [1.82, 2.24) is 10.6 Å². The van der Waals surface area contributed by atoms with E-state index >= 15 is 0 Å². The van der Waals surface area contributed by atoms with Crippen molar-refractivity contribution in [2.75, 3.05) is 19.6 Å². The number of hydrogen-bond donors (Lipinski definition) is 3. The van der Waals surface area contributed by atoms with Gasteiger partial charge in [0.15, 0.2) is 0 Å². The van der Waals surface area contributed by atoms with Crippen molar-refractivity contribution in [3.05, 3.63) is 71.0 Å². The lowest BCUT2D eigenvalue weighted by Crippen LogP contribution is -3.11. The van der Waals surface area contributed by atoms with Crippen molar-refractivity contribution in [3.8, 4) is 0 Å². The van der Waals surface area contributed by atoms with Crippen molar-refractivity contribution in [2.45, 2.75) is 32.4 Å². The molecule has 0 spiro atoms. The highest BCUT2D eigenvalue weighted by Gasteiger charge is 2.16. The van der Waals surface area contributed by atoms with Gasteiger partial charge in [0.25, 0.3) is 5.91 Å². The molecule has 0 bridgehead atoms. The van der Waals surface area contributed by atoms with Crippen LogP contribution in [0.15, 0.2) is 48.5 Å². The van der Waals surface area contributed by atoms with Crippen LogP contribution in [0.25, 0.3) is 0 Å². The fourth-order valence-corrected chi connectivity index (χ4v) is 3.56. The van der Waals surface area contributed by atoms with Crippen LogP contribution >= 0.6 is 0 Å². The van der Waals surface area contributed by atoms with Gasteiger partial charge in [-0.15, -0.1) is 0 Å². The highest BCUT2D eigenvalue weighted by Crippen LogP contribution is 2.08. The number of halogens is 1. The molecule has 0 aromatic heterocycles. The second kappa shape index (κ2) is 9.99. The topological polar surface area (TPSA) is 62.6 Å². The van der Waals surface area contributed by atoms with E-state index in [9.17, 15) is 14.0 Å². The number of likely N-dealkylation sites (tertiary alicyclic amines) is 1. The minimum Gasteiger partial charge on any atom is -0.350 e. The molecule has 1 saturated heterocycles. The van der Waals surface area contributed by atoms with Gasteiger partial charge in [-0.05, 0) is 37.0 Å². The number of hydrogen-bond acceptors (Lipinski definition) is 2. The van der Waals surface area contributed by atoms with Gasteiger partial charge in [0.2, 0.25) is 5.91 Å². The van der Waals surface area contributed by atoms with Gasteiger partial charge in [0.05, 0.1) is 25.2 Å². The number of carbonyl (C=O) groups is 2. The van der Waals surface area contributed by atoms with E-state index < -0.39 is 11.7 Å². The summed E-state index contributed by atoms with van der Waals surface area (Å²) in [6.07, 6.45) is 3.87. The summed E-state index contributed by atoms with van der Waals surface area (Å²) < 4.78 is 13.6. The summed E-state index contributed by atoms with van der Waals surface area (Å²) in [7, 11) is 0. The maximum absolute atomic E-state index is 13.6. The predicted molar refractivity (Wildman–Crippen MR) is 105 cm³/mol. The molecule has 3 rings (SSSR count). The number of carbonyl (C=O) groups excluding carboxylic acids is 2. The summed E-state index contributed by atoms with van der Waals surface area (Å²) in [4.78, 5) is 25.7. The summed E-state index contributed by atoms with van der Waals surface area (Å²) in [6, 6.07) is 13.8. The number of nitrogens with one attached hydrogen (secondary N) is 3. The molecule has 2 aromatic rings. The molecular weight excluding hydrogens is 357 g/mol. The molecule has 1 heterocycles. The zero-order valence-corrected chi connectivity index (χ0v) is 16.0. The fourth-order valence-electron chi connectivity index (χ4n) is 3.56. The molecule has 2 aromatic carbocycles. The van der Waals surface area contributed by atoms with E-state index in [4.69, 9.17) is 0 Å². The highest BCUT2D eigenvalue weighted by atomic mass is 19.1. The Bertz CT molecular complexity index is 819. The molecule has 0 atom stereocenters. The van der Waals surface area contributed by atoms with Crippen LogP contribution < -0.4 is 15.5 Å². The van der Waals surface area contributed by atoms with Gasteiger partial charge < -0.3 is 15.5 Å². The number of piperidine rings is 1. The zero-order valence-electron chi connectivity index (χ0n) is 16.0. The third-order valence-corrected chi connectivity index (χ3v) is 5.12. The Labute approximate surface area is 164 Å². The van der Waals surface area contributed by atoms with Gasteiger partial charge in [0.1, 0.15) is 12.4 Å². The van der Waals surface area contributed by atoms with Gasteiger partial charge in [-0.1, -0.05) is 36.4 Å². The Hall–Kier alpha value is -2.73. The molecule has 0 radical (unpaired) electrons. The zero-order chi connectivity index (χ0) is 19.8. The van der Waals surface area contributed by atoms with Crippen molar-refractivity contribution in [2.24, 2.45) is 0 Å². The maximum Gasteiger partial charge on any atom is 0.254 e. The Morgan fingerprint density at radius 2 is 1.57 bits per heavy atom. The molecule has 1 aliphatic heterocycles. The third-order valence-electron chi connectivity index (χ3n) is 5.12.